The lowest BCUT2D eigenvalue weighted by Crippen LogP contribution is -2.32. The van der Waals surface area contributed by atoms with Crippen LogP contribution in [-0.4, -0.2) is 5.91 Å². The molecule has 0 fully saturated rings. The van der Waals surface area contributed by atoms with E-state index in [9.17, 15) is 13.6 Å². The van der Waals surface area contributed by atoms with Crippen molar-refractivity contribution in [2.75, 3.05) is 0 Å². The molecule has 1 aromatic heterocycles. The van der Waals surface area contributed by atoms with E-state index in [1.165, 1.54) is 0 Å². The van der Waals surface area contributed by atoms with E-state index in [2.05, 4.69) is 5.73 Å². The summed E-state index contributed by atoms with van der Waals surface area (Å²) in [4.78, 5) is 10.4. The molecule has 0 saturated carbocycles. The molecule has 0 aliphatic carbocycles. The van der Waals surface area contributed by atoms with Gasteiger partial charge in [-0.15, -0.1) is 11.3 Å². The molecule has 1 rings (SSSR count). The molecule has 0 unspecified atom stereocenters. The fraction of sp³-hybridized carbons (Fsp3) is 0.167. The maximum Gasteiger partial charge on any atom is 0.351 e. The SMILES string of the molecule is NC(=O)C(F)(F)c1cc(Cl)sc1Cl. The summed E-state index contributed by atoms with van der Waals surface area (Å²) < 4.78 is 25.7. The van der Waals surface area contributed by atoms with Gasteiger partial charge in [-0.1, -0.05) is 23.2 Å². The second-order valence-electron chi connectivity index (χ2n) is 2.18. The van der Waals surface area contributed by atoms with E-state index in [-0.39, 0.29) is 8.67 Å². The third-order valence-electron chi connectivity index (χ3n) is 1.30. The molecule has 0 aliphatic heterocycles. The summed E-state index contributed by atoms with van der Waals surface area (Å²) >= 11 is 11.6. The predicted molar refractivity (Wildman–Crippen MR) is 47.4 cm³/mol. The topological polar surface area (TPSA) is 43.1 Å². The minimum Gasteiger partial charge on any atom is -0.364 e. The summed E-state index contributed by atoms with van der Waals surface area (Å²) in [6.45, 7) is 0. The molecule has 0 bridgehead atoms. The van der Waals surface area contributed by atoms with Gasteiger partial charge in [0.25, 0.3) is 5.91 Å². The first-order valence-electron chi connectivity index (χ1n) is 2.98. The van der Waals surface area contributed by atoms with Gasteiger partial charge in [-0.25, -0.2) is 0 Å². The second kappa shape index (κ2) is 3.40. The van der Waals surface area contributed by atoms with Crippen LogP contribution in [0.5, 0.6) is 0 Å². The Morgan fingerprint density at radius 2 is 2.08 bits per heavy atom. The van der Waals surface area contributed by atoms with Crippen molar-refractivity contribution in [3.63, 3.8) is 0 Å². The number of halogens is 4. The van der Waals surface area contributed by atoms with Crippen molar-refractivity contribution in [1.29, 1.82) is 0 Å². The van der Waals surface area contributed by atoms with Crippen LogP contribution in [0.4, 0.5) is 8.78 Å². The van der Waals surface area contributed by atoms with Crippen LogP contribution in [0.3, 0.4) is 0 Å². The van der Waals surface area contributed by atoms with E-state index in [0.29, 0.717) is 0 Å². The normalized spacial score (nSPS) is 11.7. The lowest BCUT2D eigenvalue weighted by atomic mass is 10.2. The molecule has 0 spiro atoms. The van der Waals surface area contributed by atoms with Crippen molar-refractivity contribution in [2.45, 2.75) is 5.92 Å². The fourth-order valence-corrected chi connectivity index (χ4v) is 2.21. The number of alkyl halides is 2. The maximum atomic E-state index is 12.9. The van der Waals surface area contributed by atoms with Crippen LogP contribution in [0, 0.1) is 0 Å². The van der Waals surface area contributed by atoms with Crippen LogP contribution < -0.4 is 5.73 Å². The quantitative estimate of drug-likeness (QED) is 0.856. The number of rotatable bonds is 2. The molecule has 1 aromatic rings. The van der Waals surface area contributed by atoms with E-state index < -0.39 is 17.4 Å². The van der Waals surface area contributed by atoms with Gasteiger partial charge in [-0.05, 0) is 6.07 Å². The molecule has 1 heterocycles. The van der Waals surface area contributed by atoms with Crippen molar-refractivity contribution in [3.05, 3.63) is 20.3 Å². The zero-order valence-electron chi connectivity index (χ0n) is 5.98. The third kappa shape index (κ3) is 1.92. The number of nitrogens with two attached hydrogens (primary N) is 1. The van der Waals surface area contributed by atoms with E-state index >= 15 is 0 Å². The van der Waals surface area contributed by atoms with Crippen molar-refractivity contribution in [1.82, 2.24) is 0 Å². The highest BCUT2D eigenvalue weighted by Gasteiger charge is 2.41. The molecule has 7 heteroatoms. The summed E-state index contributed by atoms with van der Waals surface area (Å²) in [5.41, 5.74) is 3.85. The van der Waals surface area contributed by atoms with Gasteiger partial charge in [-0.2, -0.15) is 8.78 Å². The summed E-state index contributed by atoms with van der Waals surface area (Å²) in [7, 11) is 0. The van der Waals surface area contributed by atoms with Crippen LogP contribution in [-0.2, 0) is 10.7 Å². The first-order valence-corrected chi connectivity index (χ1v) is 4.56. The molecule has 72 valence electrons. The number of hydrogen-bond donors (Lipinski definition) is 1. The van der Waals surface area contributed by atoms with Gasteiger partial charge in [0.1, 0.15) is 4.34 Å². The Morgan fingerprint density at radius 1 is 1.54 bits per heavy atom. The zero-order chi connectivity index (χ0) is 10.2. The zero-order valence-corrected chi connectivity index (χ0v) is 8.31. The number of carbonyl (C=O) groups excluding carboxylic acids is 1. The Hall–Kier alpha value is -0.390. The van der Waals surface area contributed by atoms with Gasteiger partial charge >= 0.3 is 5.92 Å². The van der Waals surface area contributed by atoms with Crippen LogP contribution >= 0.6 is 34.5 Å². The Morgan fingerprint density at radius 3 is 2.38 bits per heavy atom. The summed E-state index contributed by atoms with van der Waals surface area (Å²) in [6.07, 6.45) is 0. The molecular formula is C6H3Cl2F2NOS. The highest BCUT2D eigenvalue weighted by atomic mass is 35.5. The van der Waals surface area contributed by atoms with Gasteiger partial charge in [0.15, 0.2) is 0 Å². The van der Waals surface area contributed by atoms with Gasteiger partial charge in [0, 0.05) is 0 Å². The Labute approximate surface area is 86.2 Å². The Kier molecular flexibility index (Phi) is 2.79. The van der Waals surface area contributed by atoms with E-state index in [1.54, 1.807) is 0 Å². The fourth-order valence-electron chi connectivity index (χ4n) is 0.687. The van der Waals surface area contributed by atoms with Crippen LogP contribution in [0.1, 0.15) is 5.56 Å². The summed E-state index contributed by atoms with van der Waals surface area (Å²) in [5.74, 6) is -5.51. The molecule has 0 saturated heterocycles. The minimum atomic E-state index is -3.76. The molecule has 0 radical (unpaired) electrons. The molecule has 1 amide bonds. The lowest BCUT2D eigenvalue weighted by molar-refractivity contribution is -0.143. The third-order valence-corrected chi connectivity index (χ3v) is 2.79. The van der Waals surface area contributed by atoms with Gasteiger partial charge < -0.3 is 5.73 Å². The van der Waals surface area contributed by atoms with E-state index in [1.807, 2.05) is 0 Å². The predicted octanol–water partition coefficient (Wildman–Crippen LogP) is 2.63. The standard InChI is InChI=1S/C6H3Cl2F2NOS/c7-3-1-2(4(8)13-3)6(9,10)5(11)12/h1H,(H2,11,12). The molecule has 2 N–H and O–H groups in total. The van der Waals surface area contributed by atoms with Crippen molar-refractivity contribution < 1.29 is 13.6 Å². The summed E-state index contributed by atoms with van der Waals surface area (Å²) in [5, 5.41) is 0. The Balaban J connectivity index is 3.21. The molecule has 0 aromatic carbocycles. The molecular weight excluding hydrogens is 243 g/mol. The lowest BCUT2D eigenvalue weighted by Gasteiger charge is -2.10. The number of amides is 1. The van der Waals surface area contributed by atoms with Gasteiger partial charge in [-0.3, -0.25) is 4.79 Å². The van der Waals surface area contributed by atoms with Crippen LogP contribution in [0.2, 0.25) is 8.67 Å². The number of thiophene rings is 1. The van der Waals surface area contributed by atoms with Crippen molar-refractivity contribution in [3.8, 4) is 0 Å². The minimum absolute atomic E-state index is 0.0842. The van der Waals surface area contributed by atoms with E-state index in [0.717, 1.165) is 17.4 Å². The smallest absolute Gasteiger partial charge is 0.351 e. The van der Waals surface area contributed by atoms with Crippen molar-refractivity contribution in [2.24, 2.45) is 5.73 Å². The average molecular weight is 246 g/mol. The first kappa shape index (κ1) is 10.7. The largest absolute Gasteiger partial charge is 0.364 e. The van der Waals surface area contributed by atoms with Crippen LogP contribution in [0.15, 0.2) is 6.07 Å². The average Bonchev–Trinajstić information content (AvgIpc) is 2.30. The van der Waals surface area contributed by atoms with Gasteiger partial charge in [0.05, 0.1) is 9.90 Å². The highest BCUT2D eigenvalue weighted by Crippen LogP contribution is 2.40. The first-order chi connectivity index (χ1) is 5.85. The molecule has 13 heavy (non-hydrogen) atoms. The van der Waals surface area contributed by atoms with Gasteiger partial charge in [0.2, 0.25) is 0 Å². The number of carbonyl (C=O) groups is 1. The Bertz CT molecular complexity index is 352. The second-order valence-corrected chi connectivity index (χ2v) is 4.46. The summed E-state index contributed by atoms with van der Waals surface area (Å²) in [6, 6.07) is 0.930. The highest BCUT2D eigenvalue weighted by molar-refractivity contribution is 7.20. The molecule has 0 atom stereocenters. The van der Waals surface area contributed by atoms with E-state index in [4.69, 9.17) is 23.2 Å². The molecule has 2 nitrogen and oxygen atoms in total. The van der Waals surface area contributed by atoms with Crippen LogP contribution in [0.25, 0.3) is 0 Å². The molecule has 0 aliphatic rings. The maximum absolute atomic E-state index is 12.9. The van der Waals surface area contributed by atoms with Crippen molar-refractivity contribution >= 4 is 40.4 Å². The number of primary amides is 1. The number of hydrogen-bond acceptors (Lipinski definition) is 2. The monoisotopic (exact) mass is 245 g/mol.